The smallest absolute Gasteiger partial charge is 0.146 e. The van der Waals surface area contributed by atoms with Crippen LogP contribution >= 0.6 is 23.4 Å². The van der Waals surface area contributed by atoms with Crippen LogP contribution in [0, 0.1) is 5.82 Å². The van der Waals surface area contributed by atoms with E-state index in [9.17, 15) is 4.39 Å². The van der Waals surface area contributed by atoms with Gasteiger partial charge in [-0.05, 0) is 49.7 Å². The number of nitrogen functional groups attached to an aromatic ring is 1. The number of anilines is 1. The maximum absolute atomic E-state index is 13.2. The molecule has 0 fully saturated rings. The first kappa shape index (κ1) is 14.2. The Labute approximate surface area is 122 Å². The molecule has 0 heterocycles. The molecule has 0 amide bonds. The number of rotatable bonds is 3. The zero-order valence-electron chi connectivity index (χ0n) is 10.8. The van der Waals surface area contributed by atoms with E-state index in [1.54, 1.807) is 23.9 Å². The van der Waals surface area contributed by atoms with Crippen molar-refractivity contribution >= 4 is 29.1 Å². The minimum Gasteiger partial charge on any atom is -0.396 e. The number of thioether (sulfide) groups is 1. The van der Waals surface area contributed by atoms with E-state index in [-0.39, 0.29) is 16.3 Å². The van der Waals surface area contributed by atoms with Crippen molar-refractivity contribution in [2.75, 3.05) is 5.73 Å². The highest BCUT2D eigenvalue weighted by atomic mass is 35.5. The van der Waals surface area contributed by atoms with Gasteiger partial charge >= 0.3 is 0 Å². The van der Waals surface area contributed by atoms with E-state index in [4.69, 9.17) is 17.3 Å². The van der Waals surface area contributed by atoms with Gasteiger partial charge in [0.1, 0.15) is 5.82 Å². The Morgan fingerprint density at radius 3 is 2.53 bits per heavy atom. The molecule has 2 N–H and O–H groups in total. The van der Waals surface area contributed by atoms with Gasteiger partial charge in [0.2, 0.25) is 0 Å². The highest BCUT2D eigenvalue weighted by molar-refractivity contribution is 8.00. The molecule has 0 bridgehead atoms. The van der Waals surface area contributed by atoms with Crippen LogP contribution in [0.5, 0.6) is 0 Å². The van der Waals surface area contributed by atoms with Crippen molar-refractivity contribution < 1.29 is 4.39 Å². The molecule has 2 rings (SSSR count). The summed E-state index contributed by atoms with van der Waals surface area (Å²) in [6, 6.07) is 12.6. The fourth-order valence-electron chi connectivity index (χ4n) is 1.80. The second-order valence-corrected chi connectivity index (χ2v) is 6.94. The summed E-state index contributed by atoms with van der Waals surface area (Å²) in [7, 11) is 0. The third-order valence-electron chi connectivity index (χ3n) is 2.86. The van der Waals surface area contributed by atoms with Crippen molar-refractivity contribution in [3.8, 4) is 0 Å². The van der Waals surface area contributed by atoms with E-state index < -0.39 is 0 Å². The van der Waals surface area contributed by atoms with Gasteiger partial charge in [0.15, 0.2) is 0 Å². The molecule has 2 aromatic rings. The van der Waals surface area contributed by atoms with Gasteiger partial charge in [0.05, 0.1) is 5.69 Å². The Kier molecular flexibility index (Phi) is 4.07. The number of benzene rings is 2. The van der Waals surface area contributed by atoms with Crippen LogP contribution in [0.1, 0.15) is 19.4 Å². The lowest BCUT2D eigenvalue weighted by Gasteiger charge is -2.25. The van der Waals surface area contributed by atoms with Crippen LogP contribution in [0.15, 0.2) is 47.4 Å². The van der Waals surface area contributed by atoms with E-state index in [0.717, 1.165) is 10.5 Å². The van der Waals surface area contributed by atoms with E-state index >= 15 is 0 Å². The highest BCUT2D eigenvalue weighted by Gasteiger charge is 2.22. The molecule has 0 radical (unpaired) electrons. The maximum atomic E-state index is 13.2. The fourth-order valence-corrected chi connectivity index (χ4v) is 3.15. The van der Waals surface area contributed by atoms with E-state index in [1.165, 1.54) is 6.07 Å². The zero-order valence-corrected chi connectivity index (χ0v) is 12.4. The minimum atomic E-state index is -0.384. The van der Waals surface area contributed by atoms with Crippen LogP contribution in [0.4, 0.5) is 10.1 Å². The lowest BCUT2D eigenvalue weighted by atomic mass is 10.0. The van der Waals surface area contributed by atoms with Crippen LogP contribution in [-0.2, 0) is 4.75 Å². The highest BCUT2D eigenvalue weighted by Crippen LogP contribution is 2.41. The lowest BCUT2D eigenvalue weighted by Crippen LogP contribution is -2.11. The van der Waals surface area contributed by atoms with Crippen molar-refractivity contribution in [2.24, 2.45) is 0 Å². The summed E-state index contributed by atoms with van der Waals surface area (Å²) in [6.07, 6.45) is 0. The van der Waals surface area contributed by atoms with Crippen molar-refractivity contribution in [2.45, 2.75) is 23.5 Å². The number of hydrogen-bond acceptors (Lipinski definition) is 2. The van der Waals surface area contributed by atoms with Gasteiger partial charge in [0.25, 0.3) is 0 Å². The van der Waals surface area contributed by atoms with Crippen molar-refractivity contribution in [3.05, 3.63) is 58.9 Å². The lowest BCUT2D eigenvalue weighted by molar-refractivity contribution is 0.631. The van der Waals surface area contributed by atoms with Crippen molar-refractivity contribution in [3.63, 3.8) is 0 Å². The summed E-state index contributed by atoms with van der Waals surface area (Å²) in [6.45, 7) is 4.20. The molecule has 0 aliphatic rings. The molecule has 0 aliphatic carbocycles. The molecule has 2 aromatic carbocycles. The van der Waals surface area contributed by atoms with Crippen LogP contribution in [-0.4, -0.2) is 0 Å². The average molecular weight is 296 g/mol. The fraction of sp³-hybridized carbons (Fsp3) is 0.200. The van der Waals surface area contributed by atoms with Gasteiger partial charge in [-0.2, -0.15) is 0 Å². The second-order valence-electron chi connectivity index (χ2n) is 4.81. The SMILES string of the molecule is CC(C)(Sc1ccc(F)c(N)c1)c1cccc(Cl)c1. The first-order chi connectivity index (χ1) is 8.88. The summed E-state index contributed by atoms with van der Waals surface area (Å²) in [4.78, 5) is 0.934. The van der Waals surface area contributed by atoms with Gasteiger partial charge in [-0.3, -0.25) is 0 Å². The Morgan fingerprint density at radius 1 is 1.16 bits per heavy atom. The third kappa shape index (κ3) is 3.43. The first-order valence-electron chi connectivity index (χ1n) is 5.88. The molecule has 0 spiro atoms. The number of nitrogens with two attached hydrogens (primary N) is 1. The van der Waals surface area contributed by atoms with Crippen LogP contribution in [0.25, 0.3) is 0 Å². The molecule has 0 saturated heterocycles. The third-order valence-corrected chi connectivity index (χ3v) is 4.33. The van der Waals surface area contributed by atoms with E-state index in [0.29, 0.717) is 5.02 Å². The van der Waals surface area contributed by atoms with Crippen LogP contribution < -0.4 is 5.73 Å². The molecule has 0 unspecified atom stereocenters. The quantitative estimate of drug-likeness (QED) is 0.630. The second kappa shape index (κ2) is 5.43. The number of hydrogen-bond donors (Lipinski definition) is 1. The first-order valence-corrected chi connectivity index (χ1v) is 7.08. The Balaban J connectivity index is 2.27. The van der Waals surface area contributed by atoms with E-state index in [2.05, 4.69) is 13.8 Å². The molecule has 19 heavy (non-hydrogen) atoms. The van der Waals surface area contributed by atoms with Gasteiger partial charge in [-0.25, -0.2) is 4.39 Å². The summed E-state index contributed by atoms with van der Waals surface area (Å²) in [5.74, 6) is -0.384. The Hall–Kier alpha value is -1.19. The molecule has 0 aromatic heterocycles. The van der Waals surface area contributed by atoms with Gasteiger partial charge < -0.3 is 5.73 Å². The monoisotopic (exact) mass is 295 g/mol. The molecule has 4 heteroatoms. The average Bonchev–Trinajstić information content (AvgIpc) is 2.33. The Morgan fingerprint density at radius 2 is 1.89 bits per heavy atom. The predicted molar refractivity (Wildman–Crippen MR) is 81.1 cm³/mol. The van der Waals surface area contributed by atoms with Crippen molar-refractivity contribution in [1.29, 1.82) is 0 Å². The van der Waals surface area contributed by atoms with E-state index in [1.807, 2.05) is 24.3 Å². The summed E-state index contributed by atoms with van der Waals surface area (Å²) in [5.41, 5.74) is 6.88. The normalized spacial score (nSPS) is 11.6. The topological polar surface area (TPSA) is 26.0 Å². The maximum Gasteiger partial charge on any atom is 0.146 e. The largest absolute Gasteiger partial charge is 0.396 e. The van der Waals surface area contributed by atoms with Gasteiger partial charge in [0, 0.05) is 14.7 Å². The zero-order chi connectivity index (χ0) is 14.0. The molecule has 0 atom stereocenters. The molecule has 0 saturated carbocycles. The molecule has 0 aliphatic heterocycles. The molecule has 100 valence electrons. The minimum absolute atomic E-state index is 0.171. The Bertz CT molecular complexity index is 598. The van der Waals surface area contributed by atoms with Crippen LogP contribution in [0.3, 0.4) is 0 Å². The van der Waals surface area contributed by atoms with Gasteiger partial charge in [-0.1, -0.05) is 23.7 Å². The van der Waals surface area contributed by atoms with Gasteiger partial charge in [-0.15, -0.1) is 11.8 Å². The summed E-state index contributed by atoms with van der Waals surface area (Å²) >= 11 is 7.65. The standard InChI is InChI=1S/C15H15ClFNS/c1-15(2,10-4-3-5-11(16)8-10)19-12-6-7-13(17)14(18)9-12/h3-9H,18H2,1-2H3. The number of halogens is 2. The summed E-state index contributed by atoms with van der Waals surface area (Å²) < 4.78 is 13.0. The molecular weight excluding hydrogens is 281 g/mol. The summed E-state index contributed by atoms with van der Waals surface area (Å²) in [5, 5.41) is 0.713. The predicted octanol–water partition coefficient (Wildman–Crippen LogP) is 5.09. The van der Waals surface area contributed by atoms with Crippen molar-refractivity contribution in [1.82, 2.24) is 0 Å². The molecule has 1 nitrogen and oxygen atoms in total. The molecular formula is C15H15ClFNS. The van der Waals surface area contributed by atoms with Crippen LogP contribution in [0.2, 0.25) is 5.02 Å².